The van der Waals surface area contributed by atoms with Crippen molar-refractivity contribution in [3.8, 4) is 0 Å². The van der Waals surface area contributed by atoms with Crippen LogP contribution in [0.2, 0.25) is 0 Å². The number of ketones is 1. The number of carbonyl (C=O) groups excluding carboxylic acids is 1. The fourth-order valence-electron chi connectivity index (χ4n) is 3.11. The van der Waals surface area contributed by atoms with E-state index in [0.717, 1.165) is 12.0 Å². The van der Waals surface area contributed by atoms with Crippen LogP contribution in [0.1, 0.15) is 28.3 Å². The largest absolute Gasteiger partial charge is 0.294 e. The Labute approximate surface area is 124 Å². The summed E-state index contributed by atoms with van der Waals surface area (Å²) >= 11 is 0. The molecule has 0 aliphatic heterocycles. The maximum atomic E-state index is 12.5. The SMILES string of the molecule is O=C(c1ccccc1)[C@@H]1C[C@H]1c1ccc2ccccc2c1. The molecular weight excluding hydrogens is 256 g/mol. The van der Waals surface area contributed by atoms with Gasteiger partial charge in [0.05, 0.1) is 0 Å². The Balaban J connectivity index is 1.59. The number of rotatable bonds is 3. The third-order valence-corrected chi connectivity index (χ3v) is 4.39. The van der Waals surface area contributed by atoms with E-state index in [-0.39, 0.29) is 11.7 Å². The predicted molar refractivity (Wildman–Crippen MR) is 85.6 cm³/mol. The summed E-state index contributed by atoms with van der Waals surface area (Å²) < 4.78 is 0. The van der Waals surface area contributed by atoms with Crippen LogP contribution in [0.4, 0.5) is 0 Å². The smallest absolute Gasteiger partial charge is 0.166 e. The Kier molecular flexibility index (Phi) is 2.85. The zero-order chi connectivity index (χ0) is 14.2. The lowest BCUT2D eigenvalue weighted by Gasteiger charge is -2.03. The molecule has 3 aromatic carbocycles. The minimum atomic E-state index is 0.161. The predicted octanol–water partition coefficient (Wildman–Crippen LogP) is 4.83. The van der Waals surface area contributed by atoms with Gasteiger partial charge in [-0.15, -0.1) is 0 Å². The van der Waals surface area contributed by atoms with Crippen molar-refractivity contribution in [3.05, 3.63) is 83.9 Å². The summed E-state index contributed by atoms with van der Waals surface area (Å²) in [7, 11) is 0. The van der Waals surface area contributed by atoms with Crippen molar-refractivity contribution >= 4 is 16.6 Å². The Morgan fingerprint density at radius 2 is 1.52 bits per heavy atom. The van der Waals surface area contributed by atoms with Crippen molar-refractivity contribution in [2.45, 2.75) is 12.3 Å². The van der Waals surface area contributed by atoms with E-state index in [4.69, 9.17) is 0 Å². The Bertz CT molecular complexity index is 804. The van der Waals surface area contributed by atoms with Gasteiger partial charge in [-0.1, -0.05) is 72.8 Å². The molecule has 21 heavy (non-hydrogen) atoms. The van der Waals surface area contributed by atoms with Gasteiger partial charge < -0.3 is 0 Å². The Hall–Kier alpha value is -2.41. The molecule has 0 spiro atoms. The molecule has 0 bridgehead atoms. The van der Waals surface area contributed by atoms with Crippen molar-refractivity contribution in [3.63, 3.8) is 0 Å². The number of fused-ring (bicyclic) bond motifs is 1. The number of carbonyl (C=O) groups is 1. The van der Waals surface area contributed by atoms with Crippen LogP contribution < -0.4 is 0 Å². The van der Waals surface area contributed by atoms with Gasteiger partial charge in [-0.05, 0) is 28.7 Å². The highest BCUT2D eigenvalue weighted by molar-refractivity contribution is 6.00. The molecule has 0 amide bonds. The van der Waals surface area contributed by atoms with E-state index in [9.17, 15) is 4.79 Å². The van der Waals surface area contributed by atoms with Gasteiger partial charge in [0.15, 0.2) is 5.78 Å². The quantitative estimate of drug-likeness (QED) is 0.624. The lowest BCUT2D eigenvalue weighted by molar-refractivity contribution is 0.0965. The molecule has 0 unspecified atom stereocenters. The number of benzene rings is 3. The molecule has 1 aliphatic carbocycles. The average molecular weight is 272 g/mol. The Morgan fingerprint density at radius 3 is 2.33 bits per heavy atom. The monoisotopic (exact) mass is 272 g/mol. The standard InChI is InChI=1S/C20H16O/c21-20(15-7-2-1-3-8-15)19-13-18(19)17-11-10-14-6-4-5-9-16(14)12-17/h1-12,18-19H,13H2/t18-,19+/m0/s1. The molecule has 1 nitrogen and oxygen atoms in total. The zero-order valence-electron chi connectivity index (χ0n) is 11.7. The van der Waals surface area contributed by atoms with Crippen LogP contribution in [0.3, 0.4) is 0 Å². The third kappa shape index (κ3) is 2.25. The average Bonchev–Trinajstić information content (AvgIpc) is 3.35. The molecule has 0 aromatic heterocycles. The van der Waals surface area contributed by atoms with Crippen LogP contribution in [0.25, 0.3) is 10.8 Å². The first-order valence-corrected chi connectivity index (χ1v) is 7.41. The first kappa shape index (κ1) is 12.3. The molecule has 0 saturated heterocycles. The highest BCUT2D eigenvalue weighted by Crippen LogP contribution is 2.49. The summed E-state index contributed by atoms with van der Waals surface area (Å²) in [5, 5.41) is 2.51. The van der Waals surface area contributed by atoms with E-state index in [0.29, 0.717) is 5.92 Å². The molecule has 0 radical (unpaired) electrons. The van der Waals surface area contributed by atoms with E-state index in [1.54, 1.807) is 0 Å². The van der Waals surface area contributed by atoms with Crippen molar-refractivity contribution in [1.29, 1.82) is 0 Å². The second-order valence-corrected chi connectivity index (χ2v) is 5.79. The number of hydrogen-bond acceptors (Lipinski definition) is 1. The van der Waals surface area contributed by atoms with Crippen LogP contribution in [0.15, 0.2) is 72.8 Å². The summed E-state index contributed by atoms with van der Waals surface area (Å²) in [6.45, 7) is 0. The van der Waals surface area contributed by atoms with E-state index in [2.05, 4.69) is 42.5 Å². The summed E-state index contributed by atoms with van der Waals surface area (Å²) in [5.74, 6) is 0.838. The topological polar surface area (TPSA) is 17.1 Å². The van der Waals surface area contributed by atoms with Crippen LogP contribution in [-0.4, -0.2) is 5.78 Å². The first-order valence-electron chi connectivity index (χ1n) is 7.41. The third-order valence-electron chi connectivity index (χ3n) is 4.39. The zero-order valence-corrected chi connectivity index (χ0v) is 11.7. The van der Waals surface area contributed by atoms with Crippen LogP contribution in [0.5, 0.6) is 0 Å². The lowest BCUT2D eigenvalue weighted by Crippen LogP contribution is -2.02. The van der Waals surface area contributed by atoms with E-state index >= 15 is 0 Å². The molecule has 0 heterocycles. The summed E-state index contributed by atoms with van der Waals surface area (Å²) in [6.07, 6.45) is 0.978. The molecule has 4 rings (SSSR count). The van der Waals surface area contributed by atoms with E-state index < -0.39 is 0 Å². The van der Waals surface area contributed by atoms with Gasteiger partial charge in [0.25, 0.3) is 0 Å². The van der Waals surface area contributed by atoms with Gasteiger partial charge in [0, 0.05) is 11.5 Å². The van der Waals surface area contributed by atoms with Gasteiger partial charge in [-0.2, -0.15) is 0 Å². The van der Waals surface area contributed by atoms with E-state index in [1.165, 1.54) is 16.3 Å². The fourth-order valence-corrected chi connectivity index (χ4v) is 3.11. The minimum Gasteiger partial charge on any atom is -0.294 e. The van der Waals surface area contributed by atoms with Crippen LogP contribution in [0, 0.1) is 5.92 Å². The van der Waals surface area contributed by atoms with Gasteiger partial charge in [0.1, 0.15) is 0 Å². The molecule has 1 heteroatoms. The highest BCUT2D eigenvalue weighted by atomic mass is 16.1. The molecular formula is C20H16O. The lowest BCUT2D eigenvalue weighted by atomic mass is 10.0. The van der Waals surface area contributed by atoms with Gasteiger partial charge in [-0.3, -0.25) is 4.79 Å². The number of hydrogen-bond donors (Lipinski definition) is 0. The first-order chi connectivity index (χ1) is 10.3. The molecule has 2 atom stereocenters. The van der Waals surface area contributed by atoms with Gasteiger partial charge in [-0.25, -0.2) is 0 Å². The van der Waals surface area contributed by atoms with Gasteiger partial charge >= 0.3 is 0 Å². The van der Waals surface area contributed by atoms with Crippen LogP contribution >= 0.6 is 0 Å². The maximum Gasteiger partial charge on any atom is 0.166 e. The van der Waals surface area contributed by atoms with Crippen molar-refractivity contribution in [2.75, 3.05) is 0 Å². The molecule has 102 valence electrons. The summed E-state index contributed by atoms with van der Waals surface area (Å²) in [4.78, 5) is 12.5. The Morgan fingerprint density at radius 1 is 0.810 bits per heavy atom. The highest BCUT2D eigenvalue weighted by Gasteiger charge is 2.43. The van der Waals surface area contributed by atoms with Crippen molar-refractivity contribution in [2.24, 2.45) is 5.92 Å². The van der Waals surface area contributed by atoms with Crippen molar-refractivity contribution < 1.29 is 4.79 Å². The molecule has 1 aliphatic rings. The second-order valence-electron chi connectivity index (χ2n) is 5.79. The number of Topliss-reactive ketones (excluding diaryl/α,β-unsaturated/α-hetero) is 1. The minimum absolute atomic E-state index is 0.161. The van der Waals surface area contributed by atoms with Gasteiger partial charge in [0.2, 0.25) is 0 Å². The summed E-state index contributed by atoms with van der Waals surface area (Å²) in [6, 6.07) is 24.6. The normalized spacial score (nSPS) is 20.4. The van der Waals surface area contributed by atoms with Crippen molar-refractivity contribution in [1.82, 2.24) is 0 Å². The second kappa shape index (κ2) is 4.85. The van der Waals surface area contributed by atoms with E-state index in [1.807, 2.05) is 30.3 Å². The molecule has 0 N–H and O–H groups in total. The fraction of sp³-hybridized carbons (Fsp3) is 0.150. The molecule has 1 saturated carbocycles. The molecule has 1 fully saturated rings. The van der Waals surface area contributed by atoms with Crippen LogP contribution in [-0.2, 0) is 0 Å². The molecule has 3 aromatic rings. The maximum absolute atomic E-state index is 12.5. The summed E-state index contributed by atoms with van der Waals surface area (Å²) in [5.41, 5.74) is 2.13.